The van der Waals surface area contributed by atoms with Gasteiger partial charge >= 0.3 is 0 Å². The molecule has 0 amide bonds. The van der Waals surface area contributed by atoms with Crippen molar-refractivity contribution in [3.05, 3.63) is 28.2 Å². The van der Waals surface area contributed by atoms with Gasteiger partial charge in [0, 0.05) is 35.9 Å². The van der Waals surface area contributed by atoms with Gasteiger partial charge in [-0.3, -0.25) is 0 Å². The van der Waals surface area contributed by atoms with Gasteiger partial charge in [-0.2, -0.15) is 0 Å². The van der Waals surface area contributed by atoms with Gasteiger partial charge in [0.15, 0.2) is 0 Å². The summed E-state index contributed by atoms with van der Waals surface area (Å²) in [5, 5.41) is 12.8. The number of anilines is 1. The summed E-state index contributed by atoms with van der Waals surface area (Å²) in [4.78, 5) is 2.44. The smallest absolute Gasteiger partial charge is 0.0451 e. The Morgan fingerprint density at radius 3 is 2.89 bits per heavy atom. The van der Waals surface area contributed by atoms with Crippen LogP contribution in [0.5, 0.6) is 0 Å². The molecule has 1 aromatic rings. The molecule has 1 saturated heterocycles. The monoisotopic (exact) mass is 326 g/mol. The molecule has 1 aliphatic heterocycles. The predicted octanol–water partition coefficient (Wildman–Crippen LogP) is 2.55. The number of benzene rings is 1. The van der Waals surface area contributed by atoms with Gasteiger partial charge in [0.1, 0.15) is 0 Å². The molecular weight excluding hydrogens is 304 g/mol. The molecule has 0 aromatic heterocycles. The minimum absolute atomic E-state index is 0.240. The third-order valence-electron chi connectivity index (χ3n) is 3.77. The zero-order chi connectivity index (χ0) is 13.8. The van der Waals surface area contributed by atoms with E-state index in [4.69, 9.17) is 0 Å². The summed E-state index contributed by atoms with van der Waals surface area (Å²) in [7, 11) is 0. The summed E-state index contributed by atoms with van der Waals surface area (Å²) >= 11 is 3.61. The molecule has 0 spiro atoms. The maximum Gasteiger partial charge on any atom is 0.0451 e. The fourth-order valence-corrected chi connectivity index (χ4v) is 3.01. The van der Waals surface area contributed by atoms with Crippen LogP contribution >= 0.6 is 15.9 Å². The Kier molecular flexibility index (Phi) is 5.25. The van der Waals surface area contributed by atoms with Crippen molar-refractivity contribution in [3.8, 4) is 0 Å². The van der Waals surface area contributed by atoms with Crippen LogP contribution in [0.25, 0.3) is 0 Å². The van der Waals surface area contributed by atoms with Crippen LogP contribution in [0.2, 0.25) is 0 Å². The van der Waals surface area contributed by atoms with E-state index in [0.717, 1.165) is 30.5 Å². The Bertz CT molecular complexity index is 425. The van der Waals surface area contributed by atoms with Gasteiger partial charge in [-0.25, -0.2) is 0 Å². The second-order valence-electron chi connectivity index (χ2n) is 5.52. The van der Waals surface area contributed by atoms with Crippen LogP contribution < -0.4 is 10.2 Å². The molecule has 0 bridgehead atoms. The first-order valence-corrected chi connectivity index (χ1v) is 7.75. The second-order valence-corrected chi connectivity index (χ2v) is 6.37. The number of aryl methyl sites for hydroxylation is 1. The van der Waals surface area contributed by atoms with E-state index in [1.807, 2.05) is 0 Å². The summed E-state index contributed by atoms with van der Waals surface area (Å²) in [5.41, 5.74) is 2.50. The lowest BCUT2D eigenvalue weighted by molar-refractivity contribution is 0.272. The minimum Gasteiger partial charge on any atom is -0.396 e. The van der Waals surface area contributed by atoms with Crippen molar-refractivity contribution in [1.82, 2.24) is 5.32 Å². The van der Waals surface area contributed by atoms with Crippen molar-refractivity contribution in [2.45, 2.75) is 26.3 Å². The summed E-state index contributed by atoms with van der Waals surface area (Å²) in [6.45, 7) is 7.63. The van der Waals surface area contributed by atoms with Crippen LogP contribution in [0, 0.1) is 12.8 Å². The Balaban J connectivity index is 2.26. The fraction of sp³-hybridized carbons (Fsp3) is 0.600. The normalized spacial score (nSPS) is 24.3. The van der Waals surface area contributed by atoms with Crippen molar-refractivity contribution in [1.29, 1.82) is 0 Å². The Morgan fingerprint density at radius 1 is 1.42 bits per heavy atom. The van der Waals surface area contributed by atoms with E-state index >= 15 is 0 Å². The molecule has 19 heavy (non-hydrogen) atoms. The number of nitrogens with zero attached hydrogens (tertiary/aromatic N) is 1. The molecule has 2 N–H and O–H groups in total. The van der Waals surface area contributed by atoms with Gasteiger partial charge < -0.3 is 15.3 Å². The standard InChI is InChI=1S/C15H23BrN2O/c1-11-8-17-9-14(5-6-19)18(10-11)13-4-3-12(2)15(16)7-13/h3-4,7,11,14,17,19H,5-6,8-10H2,1-2H3. The van der Waals surface area contributed by atoms with Crippen LogP contribution in [0.1, 0.15) is 18.9 Å². The van der Waals surface area contributed by atoms with Crippen LogP contribution in [-0.2, 0) is 0 Å². The molecule has 1 aliphatic rings. The van der Waals surface area contributed by atoms with E-state index in [1.165, 1.54) is 11.3 Å². The van der Waals surface area contributed by atoms with Crippen molar-refractivity contribution >= 4 is 21.6 Å². The maximum absolute atomic E-state index is 9.28. The molecule has 1 fully saturated rings. The van der Waals surface area contributed by atoms with Crippen LogP contribution in [-0.4, -0.2) is 37.4 Å². The van der Waals surface area contributed by atoms with Crippen LogP contribution in [0.15, 0.2) is 22.7 Å². The van der Waals surface area contributed by atoms with E-state index in [1.54, 1.807) is 0 Å². The SMILES string of the molecule is Cc1ccc(N2CC(C)CNCC2CCO)cc1Br. The molecule has 106 valence electrons. The van der Waals surface area contributed by atoms with Crippen LogP contribution in [0.3, 0.4) is 0 Å². The number of aliphatic hydroxyl groups is 1. The third kappa shape index (κ3) is 3.71. The van der Waals surface area contributed by atoms with Crippen molar-refractivity contribution in [2.75, 3.05) is 31.1 Å². The molecule has 1 aromatic carbocycles. The molecule has 1 heterocycles. The Hall–Kier alpha value is -0.580. The summed E-state index contributed by atoms with van der Waals surface area (Å²) in [6, 6.07) is 6.89. The average Bonchev–Trinajstić information content (AvgIpc) is 2.56. The van der Waals surface area contributed by atoms with E-state index in [2.05, 4.69) is 58.2 Å². The first kappa shape index (κ1) is 14.8. The van der Waals surface area contributed by atoms with E-state index in [-0.39, 0.29) is 6.61 Å². The Morgan fingerprint density at radius 2 is 2.21 bits per heavy atom. The quantitative estimate of drug-likeness (QED) is 0.896. The highest BCUT2D eigenvalue weighted by Crippen LogP contribution is 2.27. The molecule has 3 nitrogen and oxygen atoms in total. The summed E-state index contributed by atoms with van der Waals surface area (Å²) in [5.74, 6) is 0.615. The first-order valence-electron chi connectivity index (χ1n) is 6.96. The molecule has 2 unspecified atom stereocenters. The summed E-state index contributed by atoms with van der Waals surface area (Å²) in [6.07, 6.45) is 0.811. The van der Waals surface area contributed by atoms with Gasteiger partial charge in [0.25, 0.3) is 0 Å². The highest BCUT2D eigenvalue weighted by molar-refractivity contribution is 9.10. The van der Waals surface area contributed by atoms with Gasteiger partial charge in [-0.15, -0.1) is 0 Å². The topological polar surface area (TPSA) is 35.5 Å². The maximum atomic E-state index is 9.28. The fourth-order valence-electron chi connectivity index (χ4n) is 2.64. The lowest BCUT2D eigenvalue weighted by Crippen LogP contribution is -2.41. The number of nitrogens with one attached hydrogen (secondary N) is 1. The molecular formula is C15H23BrN2O. The zero-order valence-electron chi connectivity index (χ0n) is 11.7. The number of halogens is 1. The van der Waals surface area contributed by atoms with Crippen molar-refractivity contribution in [2.24, 2.45) is 5.92 Å². The number of aliphatic hydroxyl groups excluding tert-OH is 1. The second kappa shape index (κ2) is 6.73. The number of hydrogen-bond donors (Lipinski definition) is 2. The predicted molar refractivity (Wildman–Crippen MR) is 83.7 cm³/mol. The zero-order valence-corrected chi connectivity index (χ0v) is 13.3. The molecule has 0 saturated carbocycles. The van der Waals surface area contributed by atoms with Crippen molar-refractivity contribution in [3.63, 3.8) is 0 Å². The molecule has 2 atom stereocenters. The van der Waals surface area contributed by atoms with Gasteiger partial charge in [-0.1, -0.05) is 28.9 Å². The van der Waals surface area contributed by atoms with E-state index in [9.17, 15) is 5.11 Å². The lowest BCUT2D eigenvalue weighted by atomic mass is 10.1. The lowest BCUT2D eigenvalue weighted by Gasteiger charge is -2.33. The first-order chi connectivity index (χ1) is 9.11. The molecule has 2 rings (SSSR count). The van der Waals surface area contributed by atoms with E-state index < -0.39 is 0 Å². The molecule has 0 radical (unpaired) electrons. The number of hydrogen-bond acceptors (Lipinski definition) is 3. The molecule has 4 heteroatoms. The van der Waals surface area contributed by atoms with Gasteiger partial charge in [0.2, 0.25) is 0 Å². The van der Waals surface area contributed by atoms with E-state index in [0.29, 0.717) is 12.0 Å². The van der Waals surface area contributed by atoms with Crippen LogP contribution in [0.4, 0.5) is 5.69 Å². The largest absolute Gasteiger partial charge is 0.396 e. The highest BCUT2D eigenvalue weighted by atomic mass is 79.9. The highest BCUT2D eigenvalue weighted by Gasteiger charge is 2.24. The average molecular weight is 327 g/mol. The summed E-state index contributed by atoms with van der Waals surface area (Å²) < 4.78 is 1.15. The third-order valence-corrected chi connectivity index (χ3v) is 4.63. The van der Waals surface area contributed by atoms with Gasteiger partial charge in [-0.05, 0) is 43.5 Å². The van der Waals surface area contributed by atoms with Gasteiger partial charge in [0.05, 0.1) is 0 Å². The molecule has 0 aliphatic carbocycles. The number of rotatable bonds is 3. The minimum atomic E-state index is 0.240. The Labute approximate surface area is 124 Å². The van der Waals surface area contributed by atoms with Crippen molar-refractivity contribution < 1.29 is 5.11 Å².